The summed E-state index contributed by atoms with van der Waals surface area (Å²) in [5.41, 5.74) is 2.44. The van der Waals surface area contributed by atoms with Gasteiger partial charge in [0.2, 0.25) is 5.91 Å². The van der Waals surface area contributed by atoms with Crippen LogP contribution >= 0.6 is 0 Å². The second kappa shape index (κ2) is 7.71. The van der Waals surface area contributed by atoms with E-state index in [-0.39, 0.29) is 17.2 Å². The molecule has 0 aliphatic carbocycles. The van der Waals surface area contributed by atoms with Gasteiger partial charge in [0.05, 0.1) is 11.3 Å². The molecule has 4 rings (SSSR count). The molecular formula is C21H22N4O3S. The fourth-order valence-corrected chi connectivity index (χ4v) is 4.56. The number of aromatic amines is 1. The van der Waals surface area contributed by atoms with Gasteiger partial charge in [-0.25, -0.2) is 0 Å². The predicted molar refractivity (Wildman–Crippen MR) is 114 cm³/mol. The Bertz CT molecular complexity index is 1180. The highest BCUT2D eigenvalue weighted by atomic mass is 32.2. The van der Waals surface area contributed by atoms with Crippen molar-refractivity contribution in [2.24, 2.45) is 4.40 Å². The molecule has 1 aromatic heterocycles. The smallest absolute Gasteiger partial charge is 0.283 e. The van der Waals surface area contributed by atoms with Crippen LogP contribution in [0.1, 0.15) is 18.4 Å². The molecule has 1 saturated heterocycles. The molecule has 29 heavy (non-hydrogen) atoms. The molecule has 2 N–H and O–H groups in total. The minimum atomic E-state index is -3.76. The molecule has 2 heterocycles. The number of hydrogen-bond donors (Lipinski definition) is 2. The van der Waals surface area contributed by atoms with Gasteiger partial charge < -0.3 is 15.2 Å². The van der Waals surface area contributed by atoms with Gasteiger partial charge in [-0.15, -0.1) is 4.40 Å². The van der Waals surface area contributed by atoms with Crippen LogP contribution in [0.2, 0.25) is 0 Å². The Labute approximate surface area is 169 Å². The minimum absolute atomic E-state index is 0.111. The van der Waals surface area contributed by atoms with Gasteiger partial charge in [0.1, 0.15) is 5.84 Å². The van der Waals surface area contributed by atoms with Gasteiger partial charge in [0, 0.05) is 42.8 Å². The fourth-order valence-electron chi connectivity index (χ4n) is 3.47. The first-order chi connectivity index (χ1) is 13.9. The van der Waals surface area contributed by atoms with Gasteiger partial charge in [-0.1, -0.05) is 18.2 Å². The monoisotopic (exact) mass is 410 g/mol. The Kier molecular flexibility index (Phi) is 5.10. The standard InChI is InChI=1S/C21H22N4O3S/c1-25-12-4-7-20(25)24-29(27,28)17-10-8-16(9-11-17)23-21(26)13-15-14-22-19-6-3-2-5-18(15)19/h2-3,5-6,8-11,14,22H,4,7,12-13H2,1H3,(H,23,26)/b24-20-. The van der Waals surface area contributed by atoms with Gasteiger partial charge in [-0.3, -0.25) is 4.79 Å². The van der Waals surface area contributed by atoms with Crippen molar-refractivity contribution in [3.63, 3.8) is 0 Å². The van der Waals surface area contributed by atoms with Crippen LogP contribution in [0, 0.1) is 0 Å². The first-order valence-corrected chi connectivity index (χ1v) is 10.9. The Morgan fingerprint density at radius 1 is 1.17 bits per heavy atom. The van der Waals surface area contributed by atoms with Crippen LogP contribution in [0.3, 0.4) is 0 Å². The van der Waals surface area contributed by atoms with Crippen LogP contribution in [-0.4, -0.2) is 43.6 Å². The lowest BCUT2D eigenvalue weighted by atomic mass is 10.1. The number of amides is 1. The summed E-state index contributed by atoms with van der Waals surface area (Å²) in [6.45, 7) is 0.815. The van der Waals surface area contributed by atoms with E-state index in [1.165, 1.54) is 12.1 Å². The second-order valence-electron chi connectivity index (χ2n) is 7.12. The zero-order valence-corrected chi connectivity index (χ0v) is 16.9. The molecule has 150 valence electrons. The van der Waals surface area contributed by atoms with E-state index in [1.807, 2.05) is 42.4 Å². The normalized spacial score (nSPS) is 15.9. The number of hydrogen-bond acceptors (Lipinski definition) is 3. The number of nitrogens with one attached hydrogen (secondary N) is 2. The number of aromatic nitrogens is 1. The third-order valence-electron chi connectivity index (χ3n) is 5.02. The lowest BCUT2D eigenvalue weighted by Gasteiger charge is -2.11. The summed E-state index contributed by atoms with van der Waals surface area (Å²) >= 11 is 0. The van der Waals surface area contributed by atoms with Crippen molar-refractivity contribution in [3.8, 4) is 0 Å². The average Bonchev–Trinajstić information content (AvgIpc) is 3.28. The molecule has 7 nitrogen and oxygen atoms in total. The number of fused-ring (bicyclic) bond motifs is 1. The van der Waals surface area contributed by atoms with Gasteiger partial charge in [0.15, 0.2) is 0 Å². The number of rotatable bonds is 5. The number of carbonyl (C=O) groups is 1. The van der Waals surface area contributed by atoms with E-state index in [0.29, 0.717) is 17.9 Å². The highest BCUT2D eigenvalue weighted by Gasteiger charge is 2.20. The van der Waals surface area contributed by atoms with Crippen LogP contribution in [0.4, 0.5) is 5.69 Å². The van der Waals surface area contributed by atoms with Crippen LogP contribution in [0.15, 0.2) is 64.0 Å². The molecule has 8 heteroatoms. The van der Waals surface area contributed by atoms with Gasteiger partial charge >= 0.3 is 0 Å². The maximum absolute atomic E-state index is 12.5. The molecule has 0 atom stereocenters. The third kappa shape index (κ3) is 4.17. The summed E-state index contributed by atoms with van der Waals surface area (Å²) < 4.78 is 28.9. The van der Waals surface area contributed by atoms with E-state index < -0.39 is 10.0 Å². The van der Waals surface area contributed by atoms with Crippen LogP contribution in [0.5, 0.6) is 0 Å². The number of H-pyrrole nitrogens is 1. The van der Waals surface area contributed by atoms with Crippen molar-refractivity contribution in [3.05, 3.63) is 60.3 Å². The predicted octanol–water partition coefficient (Wildman–Crippen LogP) is 3.16. The van der Waals surface area contributed by atoms with Gasteiger partial charge in [0.25, 0.3) is 10.0 Å². The lowest BCUT2D eigenvalue weighted by Crippen LogP contribution is -2.20. The molecular weight excluding hydrogens is 388 g/mol. The van der Waals surface area contributed by atoms with Crippen LogP contribution in [0.25, 0.3) is 10.9 Å². The number of nitrogens with zero attached hydrogens (tertiary/aromatic N) is 2. The molecule has 0 bridgehead atoms. The Hall–Kier alpha value is -3.13. The largest absolute Gasteiger partial charge is 0.362 e. The first kappa shape index (κ1) is 19.2. The maximum atomic E-state index is 12.5. The molecule has 0 radical (unpaired) electrons. The number of anilines is 1. The topological polar surface area (TPSA) is 94.6 Å². The summed E-state index contributed by atoms with van der Waals surface area (Å²) in [6.07, 6.45) is 3.63. The highest BCUT2D eigenvalue weighted by Crippen LogP contribution is 2.21. The van der Waals surface area contributed by atoms with E-state index in [2.05, 4.69) is 14.7 Å². The zero-order valence-electron chi connectivity index (χ0n) is 16.1. The van der Waals surface area contributed by atoms with E-state index in [0.717, 1.165) is 29.4 Å². The summed E-state index contributed by atoms with van der Waals surface area (Å²) in [7, 11) is -1.92. The van der Waals surface area contributed by atoms with Crippen molar-refractivity contribution in [2.75, 3.05) is 18.9 Å². The number of benzene rings is 2. The molecule has 0 saturated carbocycles. The molecule has 1 amide bonds. The molecule has 0 spiro atoms. The van der Waals surface area contributed by atoms with Crippen molar-refractivity contribution >= 4 is 38.4 Å². The van der Waals surface area contributed by atoms with Gasteiger partial charge in [-0.05, 0) is 42.3 Å². The Morgan fingerprint density at radius 3 is 2.66 bits per heavy atom. The van der Waals surface area contributed by atoms with Gasteiger partial charge in [-0.2, -0.15) is 8.42 Å². The van der Waals surface area contributed by atoms with Crippen molar-refractivity contribution in [1.29, 1.82) is 0 Å². The maximum Gasteiger partial charge on any atom is 0.283 e. The Balaban J connectivity index is 1.44. The number of sulfonamides is 1. The highest BCUT2D eigenvalue weighted by molar-refractivity contribution is 7.90. The van der Waals surface area contributed by atoms with Crippen molar-refractivity contribution in [2.45, 2.75) is 24.2 Å². The molecule has 0 unspecified atom stereocenters. The number of likely N-dealkylation sites (tertiary alicyclic amines) is 1. The molecule has 1 fully saturated rings. The van der Waals surface area contributed by atoms with E-state index in [9.17, 15) is 13.2 Å². The minimum Gasteiger partial charge on any atom is -0.362 e. The second-order valence-corrected chi connectivity index (χ2v) is 8.72. The summed E-state index contributed by atoms with van der Waals surface area (Å²) in [6, 6.07) is 13.9. The van der Waals surface area contributed by atoms with Crippen molar-refractivity contribution < 1.29 is 13.2 Å². The van der Waals surface area contributed by atoms with Crippen LogP contribution in [-0.2, 0) is 21.2 Å². The fraction of sp³-hybridized carbons (Fsp3) is 0.238. The number of para-hydroxylation sites is 1. The summed E-state index contributed by atoms with van der Waals surface area (Å²) in [4.78, 5) is 17.5. The third-order valence-corrected chi connectivity index (χ3v) is 6.34. The SMILES string of the molecule is CN1CCC/C1=N/S(=O)(=O)c1ccc(NC(=O)Cc2c[nH]c3ccccc23)cc1. The Morgan fingerprint density at radius 2 is 1.93 bits per heavy atom. The lowest BCUT2D eigenvalue weighted by molar-refractivity contribution is -0.115. The van der Waals surface area contributed by atoms with E-state index in [1.54, 1.807) is 12.1 Å². The molecule has 1 aliphatic rings. The first-order valence-electron chi connectivity index (χ1n) is 9.42. The number of amidine groups is 1. The van der Waals surface area contributed by atoms with Crippen molar-refractivity contribution in [1.82, 2.24) is 9.88 Å². The molecule has 2 aromatic carbocycles. The number of carbonyl (C=O) groups excluding carboxylic acids is 1. The van der Waals surface area contributed by atoms with Crippen LogP contribution < -0.4 is 5.32 Å². The molecule has 1 aliphatic heterocycles. The quantitative estimate of drug-likeness (QED) is 0.675. The zero-order chi connectivity index (χ0) is 20.4. The summed E-state index contributed by atoms with van der Waals surface area (Å²) in [5.74, 6) is 0.416. The average molecular weight is 410 g/mol. The molecule has 3 aromatic rings. The van der Waals surface area contributed by atoms with E-state index >= 15 is 0 Å². The van der Waals surface area contributed by atoms with E-state index in [4.69, 9.17) is 0 Å². The summed E-state index contributed by atoms with van der Waals surface area (Å²) in [5, 5.41) is 3.83.